The third-order valence-corrected chi connectivity index (χ3v) is 7.91. The maximum Gasteiger partial charge on any atom is 0.321 e. The number of aryl methyl sites for hydroxylation is 2. The molecule has 0 unspecified atom stereocenters. The summed E-state index contributed by atoms with van der Waals surface area (Å²) in [6.07, 6.45) is 1.51. The number of thioether (sulfide) groups is 1. The van der Waals surface area contributed by atoms with Crippen molar-refractivity contribution < 1.29 is 14.3 Å². The zero-order valence-corrected chi connectivity index (χ0v) is 20.0. The molecule has 8 heteroatoms. The molecule has 1 N–H and O–H groups in total. The van der Waals surface area contributed by atoms with Crippen LogP contribution in [0.2, 0.25) is 5.02 Å². The lowest BCUT2D eigenvalue weighted by Gasteiger charge is -2.44. The van der Waals surface area contributed by atoms with Gasteiger partial charge in [0.25, 0.3) is 5.91 Å². The molecule has 1 spiro atoms. The Morgan fingerprint density at radius 1 is 1.09 bits per heavy atom. The summed E-state index contributed by atoms with van der Waals surface area (Å²) in [7, 11) is 0. The van der Waals surface area contributed by atoms with Crippen LogP contribution in [0.5, 0.6) is 5.75 Å². The molecule has 3 amide bonds. The van der Waals surface area contributed by atoms with Gasteiger partial charge in [0.1, 0.15) is 5.75 Å². The number of nitrogens with one attached hydrogen (secondary N) is 1. The molecule has 170 valence electrons. The number of hydrogen-bond donors (Lipinski definition) is 1. The molecule has 6 nitrogen and oxygen atoms in total. The van der Waals surface area contributed by atoms with E-state index >= 15 is 0 Å². The van der Waals surface area contributed by atoms with Gasteiger partial charge in [0.05, 0.1) is 4.87 Å². The van der Waals surface area contributed by atoms with E-state index in [0.29, 0.717) is 30.4 Å². The number of benzene rings is 2. The summed E-state index contributed by atoms with van der Waals surface area (Å²) in [5, 5.41) is 3.66. The van der Waals surface area contributed by atoms with Crippen molar-refractivity contribution in [2.75, 3.05) is 37.3 Å². The van der Waals surface area contributed by atoms with Gasteiger partial charge in [0.15, 0.2) is 6.61 Å². The van der Waals surface area contributed by atoms with E-state index in [0.717, 1.165) is 29.8 Å². The highest BCUT2D eigenvalue weighted by atomic mass is 35.5. The summed E-state index contributed by atoms with van der Waals surface area (Å²) in [6.45, 7) is 5.98. The molecule has 2 aromatic rings. The molecule has 0 aromatic heterocycles. The zero-order valence-electron chi connectivity index (χ0n) is 18.4. The molecule has 0 radical (unpaired) electrons. The minimum absolute atomic E-state index is 0.000837. The first-order valence-corrected chi connectivity index (χ1v) is 12.2. The van der Waals surface area contributed by atoms with Crippen LogP contribution in [0.3, 0.4) is 0 Å². The standard InChI is InChI=1S/C24H28ClN3O3S/c1-17-3-8-21(18(2)15-17)26-23(30)27-11-9-24(10-12-27)28(13-14-32-24)22(29)16-31-20-6-4-19(25)5-7-20/h3-8,15H,9-14,16H2,1-2H3,(H,26,30). The molecule has 0 aliphatic carbocycles. The number of hydrogen-bond acceptors (Lipinski definition) is 4. The first kappa shape index (κ1) is 22.8. The molecule has 2 fully saturated rings. The van der Waals surface area contributed by atoms with Gasteiger partial charge < -0.3 is 19.9 Å². The number of rotatable bonds is 4. The molecule has 0 bridgehead atoms. The van der Waals surface area contributed by atoms with Gasteiger partial charge in [-0.1, -0.05) is 29.3 Å². The lowest BCUT2D eigenvalue weighted by atomic mass is 10.0. The maximum absolute atomic E-state index is 12.9. The minimum Gasteiger partial charge on any atom is -0.484 e. The Morgan fingerprint density at radius 2 is 1.81 bits per heavy atom. The van der Waals surface area contributed by atoms with Crippen LogP contribution in [0.15, 0.2) is 42.5 Å². The van der Waals surface area contributed by atoms with Gasteiger partial charge in [-0.15, -0.1) is 11.8 Å². The fraction of sp³-hybridized carbons (Fsp3) is 0.417. The van der Waals surface area contributed by atoms with Crippen molar-refractivity contribution in [3.05, 3.63) is 58.6 Å². The van der Waals surface area contributed by atoms with E-state index in [-0.39, 0.29) is 23.4 Å². The third kappa shape index (κ3) is 4.99. The predicted molar refractivity (Wildman–Crippen MR) is 130 cm³/mol. The number of urea groups is 1. The lowest BCUT2D eigenvalue weighted by molar-refractivity contribution is -0.136. The van der Waals surface area contributed by atoms with E-state index in [9.17, 15) is 9.59 Å². The van der Waals surface area contributed by atoms with Crippen molar-refractivity contribution in [2.24, 2.45) is 0 Å². The van der Waals surface area contributed by atoms with Crippen LogP contribution in [0.1, 0.15) is 24.0 Å². The molecular weight excluding hydrogens is 446 g/mol. The van der Waals surface area contributed by atoms with E-state index in [1.807, 2.05) is 47.5 Å². The van der Waals surface area contributed by atoms with E-state index in [4.69, 9.17) is 16.3 Å². The molecule has 2 saturated heterocycles. The monoisotopic (exact) mass is 473 g/mol. The summed E-state index contributed by atoms with van der Waals surface area (Å²) < 4.78 is 5.68. The largest absolute Gasteiger partial charge is 0.484 e. The Kier molecular flexibility index (Phi) is 6.86. The van der Waals surface area contributed by atoms with Gasteiger partial charge in [0.2, 0.25) is 0 Å². The third-order valence-electron chi connectivity index (χ3n) is 6.11. The SMILES string of the molecule is Cc1ccc(NC(=O)N2CCC3(CC2)SCCN3C(=O)COc2ccc(Cl)cc2)c(C)c1. The first-order chi connectivity index (χ1) is 15.4. The highest BCUT2D eigenvalue weighted by Gasteiger charge is 2.46. The molecule has 2 heterocycles. The van der Waals surface area contributed by atoms with E-state index in [2.05, 4.69) is 11.4 Å². The van der Waals surface area contributed by atoms with Crippen molar-refractivity contribution >= 4 is 41.0 Å². The summed E-state index contributed by atoms with van der Waals surface area (Å²) in [4.78, 5) is 29.3. The van der Waals surface area contributed by atoms with Crippen molar-refractivity contribution in [1.29, 1.82) is 0 Å². The van der Waals surface area contributed by atoms with Gasteiger partial charge in [-0.2, -0.15) is 0 Å². The van der Waals surface area contributed by atoms with Crippen LogP contribution in [-0.4, -0.2) is 58.6 Å². The minimum atomic E-state index is -0.253. The molecule has 2 aliphatic heterocycles. The Labute approximate surface area is 198 Å². The number of halogens is 1. The second kappa shape index (κ2) is 9.63. The number of carbonyl (C=O) groups is 2. The zero-order chi connectivity index (χ0) is 22.7. The number of ether oxygens (including phenoxy) is 1. The second-order valence-electron chi connectivity index (χ2n) is 8.32. The Balaban J connectivity index is 1.33. The van der Waals surface area contributed by atoms with Crippen LogP contribution in [0.25, 0.3) is 0 Å². The molecule has 2 aliphatic rings. The molecule has 4 rings (SSSR count). The van der Waals surface area contributed by atoms with Crippen LogP contribution < -0.4 is 10.1 Å². The number of nitrogens with zero attached hydrogens (tertiary/aromatic N) is 2. The van der Waals surface area contributed by atoms with Gasteiger partial charge >= 0.3 is 6.03 Å². The van der Waals surface area contributed by atoms with Crippen LogP contribution in [-0.2, 0) is 4.79 Å². The van der Waals surface area contributed by atoms with Gasteiger partial charge in [-0.25, -0.2) is 4.79 Å². The predicted octanol–water partition coefficient (Wildman–Crippen LogP) is 4.94. The molecular formula is C24H28ClN3O3S. The molecule has 0 atom stereocenters. The Hall–Kier alpha value is -2.38. The van der Waals surface area contributed by atoms with Gasteiger partial charge in [-0.3, -0.25) is 4.79 Å². The average Bonchev–Trinajstić information content (AvgIpc) is 3.18. The number of likely N-dealkylation sites (tertiary alicyclic amines) is 1. The normalized spacial score (nSPS) is 17.5. The van der Waals surface area contributed by atoms with Crippen molar-refractivity contribution in [3.8, 4) is 5.75 Å². The fourth-order valence-corrected chi connectivity index (χ4v) is 5.94. The van der Waals surface area contributed by atoms with E-state index in [1.54, 1.807) is 24.3 Å². The number of piperidine rings is 1. The highest BCUT2D eigenvalue weighted by Crippen LogP contribution is 2.44. The topological polar surface area (TPSA) is 61.9 Å². The second-order valence-corrected chi connectivity index (χ2v) is 10.2. The lowest BCUT2D eigenvalue weighted by Crippen LogP contribution is -2.55. The molecule has 2 aromatic carbocycles. The summed E-state index contributed by atoms with van der Waals surface area (Å²) in [5.74, 6) is 1.52. The Bertz CT molecular complexity index is 990. The summed E-state index contributed by atoms with van der Waals surface area (Å²) >= 11 is 7.72. The van der Waals surface area contributed by atoms with Crippen molar-refractivity contribution in [1.82, 2.24) is 9.80 Å². The smallest absolute Gasteiger partial charge is 0.321 e. The molecule has 32 heavy (non-hydrogen) atoms. The van der Waals surface area contributed by atoms with Crippen LogP contribution in [0, 0.1) is 13.8 Å². The number of carbonyl (C=O) groups excluding carboxylic acids is 2. The number of anilines is 1. The van der Waals surface area contributed by atoms with E-state index < -0.39 is 0 Å². The quantitative estimate of drug-likeness (QED) is 0.683. The highest BCUT2D eigenvalue weighted by molar-refractivity contribution is 8.00. The average molecular weight is 474 g/mol. The molecule has 0 saturated carbocycles. The fourth-order valence-electron chi connectivity index (χ4n) is 4.34. The van der Waals surface area contributed by atoms with Gasteiger partial charge in [0, 0.05) is 36.1 Å². The first-order valence-electron chi connectivity index (χ1n) is 10.8. The van der Waals surface area contributed by atoms with Gasteiger partial charge in [-0.05, 0) is 62.6 Å². The maximum atomic E-state index is 12.9. The van der Waals surface area contributed by atoms with Crippen molar-refractivity contribution in [3.63, 3.8) is 0 Å². The summed E-state index contributed by atoms with van der Waals surface area (Å²) in [5.41, 5.74) is 3.06. The van der Waals surface area contributed by atoms with Crippen LogP contribution in [0.4, 0.5) is 10.5 Å². The van der Waals surface area contributed by atoms with E-state index in [1.165, 1.54) is 5.56 Å². The van der Waals surface area contributed by atoms with Crippen molar-refractivity contribution in [2.45, 2.75) is 31.6 Å². The number of amides is 3. The Morgan fingerprint density at radius 3 is 2.50 bits per heavy atom. The van der Waals surface area contributed by atoms with Crippen LogP contribution >= 0.6 is 23.4 Å². The summed E-state index contributed by atoms with van der Waals surface area (Å²) in [6, 6.07) is 12.9.